The van der Waals surface area contributed by atoms with Crippen LogP contribution < -0.4 is 0 Å². The smallest absolute Gasteiger partial charge is 0.209 e. The maximum Gasteiger partial charge on any atom is 0.209 e. The Bertz CT molecular complexity index is 475. The number of benzene rings is 1. The first-order valence-corrected chi connectivity index (χ1v) is 5.13. The molecule has 0 heterocycles. The van der Waals surface area contributed by atoms with Gasteiger partial charge in [0, 0.05) is 5.02 Å². The molecule has 0 bridgehead atoms. The first-order chi connectivity index (χ1) is 6.93. The summed E-state index contributed by atoms with van der Waals surface area (Å²) >= 11 is 11.6. The number of carbonyl (C=O) groups excluding carboxylic acids is 1. The summed E-state index contributed by atoms with van der Waals surface area (Å²) in [5.41, 5.74) is -0.357. The molecule has 2 nitrogen and oxygen atoms in total. The van der Waals surface area contributed by atoms with Gasteiger partial charge in [0.25, 0.3) is 0 Å². The molecule has 0 saturated carbocycles. The van der Waals surface area contributed by atoms with E-state index in [-0.39, 0.29) is 5.03 Å². The number of hydrogen-bond donors (Lipinski definition) is 1. The molecule has 1 aromatic rings. The van der Waals surface area contributed by atoms with Crippen LogP contribution in [0.25, 0.3) is 6.08 Å². The van der Waals surface area contributed by atoms with Gasteiger partial charge in [-0.25, -0.2) is 0 Å². The summed E-state index contributed by atoms with van der Waals surface area (Å²) in [7, 11) is 0. The van der Waals surface area contributed by atoms with Crippen molar-refractivity contribution in [2.24, 2.45) is 0 Å². The van der Waals surface area contributed by atoms with Crippen LogP contribution in [0.4, 0.5) is 0 Å². The van der Waals surface area contributed by atoms with Crippen molar-refractivity contribution in [2.45, 2.75) is 12.5 Å². The maximum atomic E-state index is 11.6. The van der Waals surface area contributed by atoms with E-state index >= 15 is 0 Å². The minimum Gasteiger partial charge on any atom is -0.377 e. The minimum absolute atomic E-state index is 0.0229. The summed E-state index contributed by atoms with van der Waals surface area (Å²) < 4.78 is 0. The van der Waals surface area contributed by atoms with Gasteiger partial charge in [0.2, 0.25) is 5.78 Å². The van der Waals surface area contributed by atoms with Gasteiger partial charge in [0.05, 0.1) is 5.03 Å². The second kappa shape index (κ2) is 3.34. The van der Waals surface area contributed by atoms with Gasteiger partial charge in [-0.05, 0) is 36.3 Å². The molecule has 0 aliphatic heterocycles. The number of aliphatic hydroxyl groups is 1. The normalized spacial score (nSPS) is 24.8. The number of rotatable bonds is 0. The summed E-state index contributed by atoms with van der Waals surface area (Å²) in [6, 6.07) is 4.94. The SMILES string of the molecule is CC1(O)C(=O)C(Cl)=Cc2cc(Cl)ccc21. The van der Waals surface area contributed by atoms with E-state index in [9.17, 15) is 9.90 Å². The van der Waals surface area contributed by atoms with Gasteiger partial charge < -0.3 is 5.11 Å². The van der Waals surface area contributed by atoms with Gasteiger partial charge in [0.15, 0.2) is 5.60 Å². The first kappa shape index (κ1) is 10.7. The van der Waals surface area contributed by atoms with Crippen molar-refractivity contribution in [3.05, 3.63) is 39.4 Å². The Balaban J connectivity index is 2.72. The summed E-state index contributed by atoms with van der Waals surface area (Å²) in [6.07, 6.45) is 1.52. The highest BCUT2D eigenvalue weighted by Gasteiger charge is 2.38. The Kier molecular flexibility index (Phi) is 2.38. The average Bonchev–Trinajstić information content (AvgIpc) is 2.14. The highest BCUT2D eigenvalue weighted by atomic mass is 35.5. The fourth-order valence-corrected chi connectivity index (χ4v) is 2.14. The van der Waals surface area contributed by atoms with Gasteiger partial charge >= 0.3 is 0 Å². The van der Waals surface area contributed by atoms with E-state index in [1.54, 1.807) is 18.2 Å². The van der Waals surface area contributed by atoms with Crippen LogP contribution in [-0.4, -0.2) is 10.9 Å². The monoisotopic (exact) mass is 242 g/mol. The Morgan fingerprint density at radius 2 is 2.00 bits per heavy atom. The molecule has 15 heavy (non-hydrogen) atoms. The average molecular weight is 243 g/mol. The number of ketones is 1. The third-order valence-corrected chi connectivity index (χ3v) is 3.00. The summed E-state index contributed by atoms with van der Waals surface area (Å²) in [5.74, 6) is -0.487. The fourth-order valence-electron chi connectivity index (χ4n) is 1.65. The van der Waals surface area contributed by atoms with Crippen molar-refractivity contribution < 1.29 is 9.90 Å². The van der Waals surface area contributed by atoms with Crippen LogP contribution in [-0.2, 0) is 10.4 Å². The van der Waals surface area contributed by atoms with Crippen molar-refractivity contribution >= 4 is 35.1 Å². The molecule has 1 aliphatic carbocycles. The predicted molar refractivity (Wildman–Crippen MR) is 59.9 cm³/mol. The summed E-state index contributed by atoms with van der Waals surface area (Å²) in [5, 5.41) is 10.6. The van der Waals surface area contributed by atoms with Gasteiger partial charge in [-0.2, -0.15) is 0 Å². The van der Waals surface area contributed by atoms with Crippen molar-refractivity contribution in [1.29, 1.82) is 0 Å². The Morgan fingerprint density at radius 1 is 1.33 bits per heavy atom. The molecule has 0 fully saturated rings. The molecule has 1 unspecified atom stereocenters. The largest absolute Gasteiger partial charge is 0.377 e. The topological polar surface area (TPSA) is 37.3 Å². The fraction of sp³-hybridized carbons (Fsp3) is 0.182. The molecule has 1 aromatic carbocycles. The standard InChI is InChI=1S/C11H8Cl2O2/c1-11(15)8-3-2-7(12)4-6(8)5-9(13)10(11)14/h2-5,15H,1H3. The lowest BCUT2D eigenvalue weighted by atomic mass is 9.83. The lowest BCUT2D eigenvalue weighted by Crippen LogP contribution is -2.35. The zero-order valence-electron chi connectivity index (χ0n) is 7.92. The predicted octanol–water partition coefficient (Wildman–Crippen LogP) is 2.71. The third-order valence-electron chi connectivity index (χ3n) is 2.48. The van der Waals surface area contributed by atoms with E-state index in [0.29, 0.717) is 16.1 Å². The van der Waals surface area contributed by atoms with Gasteiger partial charge in [-0.1, -0.05) is 29.3 Å². The third kappa shape index (κ3) is 1.59. The second-order valence-electron chi connectivity index (χ2n) is 3.63. The first-order valence-electron chi connectivity index (χ1n) is 4.37. The molecule has 0 spiro atoms. The second-order valence-corrected chi connectivity index (χ2v) is 4.47. The molecular weight excluding hydrogens is 235 g/mol. The lowest BCUT2D eigenvalue weighted by molar-refractivity contribution is -0.131. The molecule has 0 amide bonds. The molecule has 78 valence electrons. The molecule has 0 aromatic heterocycles. The van der Waals surface area contributed by atoms with Gasteiger partial charge in [-0.15, -0.1) is 0 Å². The van der Waals surface area contributed by atoms with Crippen LogP contribution in [0, 0.1) is 0 Å². The van der Waals surface area contributed by atoms with Gasteiger partial charge in [-0.3, -0.25) is 4.79 Å². The number of halogens is 2. The molecule has 0 radical (unpaired) electrons. The summed E-state index contributed by atoms with van der Waals surface area (Å²) in [4.78, 5) is 11.6. The van der Waals surface area contributed by atoms with E-state index in [1.807, 2.05) is 0 Å². The van der Waals surface area contributed by atoms with E-state index < -0.39 is 11.4 Å². The molecule has 1 N–H and O–H groups in total. The van der Waals surface area contributed by atoms with Crippen LogP contribution in [0.1, 0.15) is 18.1 Å². The van der Waals surface area contributed by atoms with Crippen molar-refractivity contribution in [2.75, 3.05) is 0 Å². The van der Waals surface area contributed by atoms with E-state index in [2.05, 4.69) is 0 Å². The zero-order chi connectivity index (χ0) is 11.2. The van der Waals surface area contributed by atoms with Crippen LogP contribution in [0.3, 0.4) is 0 Å². The van der Waals surface area contributed by atoms with Crippen LogP contribution in [0.15, 0.2) is 23.2 Å². The number of Topliss-reactive ketones (excluding diaryl/α,β-unsaturated/α-hetero) is 1. The van der Waals surface area contributed by atoms with Gasteiger partial charge in [0.1, 0.15) is 0 Å². The molecule has 1 aliphatic rings. The van der Waals surface area contributed by atoms with E-state index in [4.69, 9.17) is 23.2 Å². The van der Waals surface area contributed by atoms with Crippen molar-refractivity contribution in [3.8, 4) is 0 Å². The van der Waals surface area contributed by atoms with Crippen LogP contribution >= 0.6 is 23.2 Å². The molecule has 2 rings (SSSR count). The Morgan fingerprint density at radius 3 is 2.67 bits per heavy atom. The quantitative estimate of drug-likeness (QED) is 0.760. The molecule has 0 saturated heterocycles. The lowest BCUT2D eigenvalue weighted by Gasteiger charge is -2.27. The van der Waals surface area contributed by atoms with Crippen molar-refractivity contribution in [3.63, 3.8) is 0 Å². The van der Waals surface area contributed by atoms with Crippen LogP contribution in [0.2, 0.25) is 5.02 Å². The Labute approximate surface area is 97.1 Å². The van der Waals surface area contributed by atoms with Crippen LogP contribution in [0.5, 0.6) is 0 Å². The maximum absolute atomic E-state index is 11.6. The highest BCUT2D eigenvalue weighted by Crippen LogP contribution is 2.36. The zero-order valence-corrected chi connectivity index (χ0v) is 9.43. The number of fused-ring (bicyclic) bond motifs is 1. The van der Waals surface area contributed by atoms with E-state index in [0.717, 1.165) is 0 Å². The molecular formula is C11H8Cl2O2. The molecule has 4 heteroatoms. The molecule has 1 atom stereocenters. The Hall–Kier alpha value is -0.830. The minimum atomic E-state index is -1.56. The number of hydrogen-bond acceptors (Lipinski definition) is 2. The van der Waals surface area contributed by atoms with E-state index in [1.165, 1.54) is 13.0 Å². The summed E-state index contributed by atoms with van der Waals surface area (Å²) in [6.45, 7) is 1.43. The highest BCUT2D eigenvalue weighted by molar-refractivity contribution is 6.46. The van der Waals surface area contributed by atoms with Crippen molar-refractivity contribution in [1.82, 2.24) is 0 Å². The number of carbonyl (C=O) groups is 1.